The van der Waals surface area contributed by atoms with Gasteiger partial charge in [-0.2, -0.15) is 0 Å². The molecule has 1 aliphatic rings. The van der Waals surface area contributed by atoms with Gasteiger partial charge >= 0.3 is 6.09 Å². The number of halogens is 1. The lowest BCUT2D eigenvalue weighted by Crippen LogP contribution is -2.45. The third-order valence-corrected chi connectivity index (χ3v) is 5.34. The quantitative estimate of drug-likeness (QED) is 0.732. The summed E-state index contributed by atoms with van der Waals surface area (Å²) >= 11 is 5.88. The average Bonchev–Trinajstić information content (AvgIpc) is 2.67. The molecule has 0 saturated heterocycles. The van der Waals surface area contributed by atoms with Crippen LogP contribution in [0.4, 0.5) is 10.5 Å². The van der Waals surface area contributed by atoms with Gasteiger partial charge in [-0.1, -0.05) is 30.3 Å². The minimum absolute atomic E-state index is 0.0115. The van der Waals surface area contributed by atoms with Crippen molar-refractivity contribution in [3.05, 3.63) is 53.6 Å². The van der Waals surface area contributed by atoms with Crippen LogP contribution < -0.4 is 10.2 Å². The summed E-state index contributed by atoms with van der Waals surface area (Å²) in [5.41, 5.74) is 4.88. The smallest absolute Gasteiger partial charge is 0.407 e. The van der Waals surface area contributed by atoms with Gasteiger partial charge in [0.1, 0.15) is 0 Å². The van der Waals surface area contributed by atoms with Crippen LogP contribution in [0.5, 0.6) is 0 Å². The third kappa shape index (κ3) is 4.14. The normalized spacial score (nSPS) is 18.4. The molecule has 1 N–H and O–H groups in total. The van der Waals surface area contributed by atoms with E-state index in [1.807, 2.05) is 49.4 Å². The van der Waals surface area contributed by atoms with Crippen LogP contribution in [0.25, 0.3) is 11.1 Å². The molecule has 2 unspecified atom stereocenters. The zero-order valence-corrected chi connectivity index (χ0v) is 17.1. The second kappa shape index (κ2) is 8.65. The number of carbonyl (C=O) groups is 2. The van der Waals surface area contributed by atoms with Gasteiger partial charge in [0.15, 0.2) is 0 Å². The molecular weight excluding hydrogens is 376 g/mol. The predicted molar refractivity (Wildman–Crippen MR) is 112 cm³/mol. The summed E-state index contributed by atoms with van der Waals surface area (Å²) in [6.07, 6.45) is 0.179. The van der Waals surface area contributed by atoms with Gasteiger partial charge in [0.05, 0.1) is 12.6 Å². The van der Waals surface area contributed by atoms with Gasteiger partial charge in [-0.15, -0.1) is 11.6 Å². The van der Waals surface area contributed by atoms with Crippen LogP contribution in [-0.2, 0) is 15.4 Å². The molecule has 2 atom stereocenters. The van der Waals surface area contributed by atoms with E-state index in [1.54, 1.807) is 18.7 Å². The van der Waals surface area contributed by atoms with Crippen molar-refractivity contribution in [1.29, 1.82) is 0 Å². The molecule has 2 aromatic rings. The fourth-order valence-corrected chi connectivity index (χ4v) is 3.94. The number of rotatable bonds is 4. The van der Waals surface area contributed by atoms with Crippen molar-refractivity contribution in [2.45, 2.75) is 45.2 Å². The van der Waals surface area contributed by atoms with E-state index in [4.69, 9.17) is 16.3 Å². The molecule has 0 fully saturated rings. The lowest BCUT2D eigenvalue weighted by atomic mass is 9.89. The van der Waals surface area contributed by atoms with Gasteiger partial charge in [0.25, 0.3) is 0 Å². The number of benzene rings is 2. The van der Waals surface area contributed by atoms with Gasteiger partial charge < -0.3 is 15.0 Å². The Bertz CT molecular complexity index is 867. The summed E-state index contributed by atoms with van der Waals surface area (Å²) in [6.45, 7) is 5.64. The average molecular weight is 401 g/mol. The number of anilines is 1. The molecule has 0 aromatic heterocycles. The molecule has 3 rings (SSSR count). The van der Waals surface area contributed by atoms with Crippen LogP contribution in [0.1, 0.15) is 44.4 Å². The predicted octanol–water partition coefficient (Wildman–Crippen LogP) is 5.02. The fraction of sp³-hybridized carbons (Fsp3) is 0.364. The number of alkyl carbamates (subject to hydrolysis) is 1. The van der Waals surface area contributed by atoms with Gasteiger partial charge in [-0.05, 0) is 54.7 Å². The highest BCUT2D eigenvalue weighted by molar-refractivity contribution is 6.17. The highest BCUT2D eigenvalue weighted by atomic mass is 35.5. The number of ether oxygens (including phenoxy) is 1. The summed E-state index contributed by atoms with van der Waals surface area (Å²) in [5, 5.41) is 2.95. The Morgan fingerprint density at radius 3 is 2.46 bits per heavy atom. The van der Waals surface area contributed by atoms with Crippen molar-refractivity contribution >= 4 is 29.3 Å². The maximum atomic E-state index is 12.2. The number of nitrogens with one attached hydrogen (secondary N) is 1. The van der Waals surface area contributed by atoms with E-state index in [-0.39, 0.29) is 18.0 Å². The molecular formula is C22H25ClN2O3. The highest BCUT2D eigenvalue weighted by Crippen LogP contribution is 2.39. The lowest BCUT2D eigenvalue weighted by Gasteiger charge is -2.39. The Hall–Kier alpha value is -2.53. The zero-order chi connectivity index (χ0) is 20.3. The minimum atomic E-state index is -0.446. The number of hydrogen-bond donors (Lipinski definition) is 1. The molecule has 0 aliphatic carbocycles. The monoisotopic (exact) mass is 400 g/mol. The Balaban J connectivity index is 2.02. The third-order valence-electron chi connectivity index (χ3n) is 5.03. The first-order chi connectivity index (χ1) is 13.4. The summed E-state index contributed by atoms with van der Waals surface area (Å²) in [5.74, 6) is 0.462. The van der Waals surface area contributed by atoms with E-state index < -0.39 is 6.09 Å². The first kappa shape index (κ1) is 20.2. The van der Waals surface area contributed by atoms with E-state index in [0.717, 1.165) is 27.9 Å². The van der Waals surface area contributed by atoms with Crippen LogP contribution in [0.15, 0.2) is 42.5 Å². The van der Waals surface area contributed by atoms with Crippen LogP contribution in [0.3, 0.4) is 0 Å². The molecule has 1 heterocycles. The van der Waals surface area contributed by atoms with E-state index in [1.165, 1.54) is 0 Å². The van der Waals surface area contributed by atoms with Crippen molar-refractivity contribution in [1.82, 2.24) is 5.32 Å². The van der Waals surface area contributed by atoms with Gasteiger partial charge in [0, 0.05) is 24.5 Å². The van der Waals surface area contributed by atoms with Crippen molar-refractivity contribution in [2.24, 2.45) is 0 Å². The molecule has 0 radical (unpaired) electrons. The Morgan fingerprint density at radius 2 is 1.86 bits per heavy atom. The number of alkyl halides is 1. The molecule has 2 amide bonds. The lowest BCUT2D eigenvalue weighted by molar-refractivity contribution is -0.117. The Labute approximate surface area is 170 Å². The standard InChI is InChI=1S/C22H25ClN2O3/c1-4-28-22(27)24-20-11-14(2)25(15(3)26)21-10-9-18(12-19(20)21)17-7-5-16(13-23)6-8-17/h5-10,12,14,20H,4,11,13H2,1-3H3,(H,24,27). The number of fused-ring (bicyclic) bond motifs is 1. The van der Waals surface area contributed by atoms with Crippen molar-refractivity contribution in [3.63, 3.8) is 0 Å². The summed E-state index contributed by atoms with van der Waals surface area (Å²) in [6, 6.07) is 13.8. The summed E-state index contributed by atoms with van der Waals surface area (Å²) < 4.78 is 5.07. The number of carbonyl (C=O) groups excluding carboxylic acids is 2. The zero-order valence-electron chi connectivity index (χ0n) is 16.4. The first-order valence-corrected chi connectivity index (χ1v) is 10.00. The Kier molecular flexibility index (Phi) is 6.25. The van der Waals surface area contributed by atoms with E-state index in [0.29, 0.717) is 18.9 Å². The van der Waals surface area contributed by atoms with Crippen molar-refractivity contribution in [3.8, 4) is 11.1 Å². The molecule has 0 spiro atoms. The van der Waals surface area contributed by atoms with Gasteiger partial charge in [0.2, 0.25) is 5.91 Å². The van der Waals surface area contributed by atoms with Gasteiger partial charge in [-0.25, -0.2) is 4.79 Å². The van der Waals surface area contributed by atoms with E-state index in [9.17, 15) is 9.59 Å². The first-order valence-electron chi connectivity index (χ1n) is 9.46. The second-order valence-electron chi connectivity index (χ2n) is 7.00. The number of nitrogens with zero attached hydrogens (tertiary/aromatic N) is 1. The van der Waals surface area contributed by atoms with E-state index in [2.05, 4.69) is 5.32 Å². The van der Waals surface area contributed by atoms with E-state index >= 15 is 0 Å². The fourth-order valence-electron chi connectivity index (χ4n) is 3.76. The molecule has 6 heteroatoms. The Morgan fingerprint density at radius 1 is 1.18 bits per heavy atom. The minimum Gasteiger partial charge on any atom is -0.450 e. The second-order valence-corrected chi connectivity index (χ2v) is 7.26. The van der Waals surface area contributed by atoms with Crippen LogP contribution >= 0.6 is 11.6 Å². The number of amides is 2. The van der Waals surface area contributed by atoms with Crippen LogP contribution in [-0.4, -0.2) is 24.6 Å². The maximum absolute atomic E-state index is 12.2. The summed E-state index contributed by atoms with van der Waals surface area (Å²) in [7, 11) is 0. The van der Waals surface area contributed by atoms with Crippen molar-refractivity contribution < 1.29 is 14.3 Å². The van der Waals surface area contributed by atoms with Gasteiger partial charge in [-0.3, -0.25) is 4.79 Å². The molecule has 0 saturated carbocycles. The van der Waals surface area contributed by atoms with Crippen molar-refractivity contribution in [2.75, 3.05) is 11.5 Å². The molecule has 28 heavy (non-hydrogen) atoms. The maximum Gasteiger partial charge on any atom is 0.407 e. The molecule has 2 aromatic carbocycles. The molecule has 5 nitrogen and oxygen atoms in total. The highest BCUT2D eigenvalue weighted by Gasteiger charge is 2.33. The number of hydrogen-bond acceptors (Lipinski definition) is 3. The molecule has 1 aliphatic heterocycles. The largest absolute Gasteiger partial charge is 0.450 e. The SMILES string of the molecule is CCOC(=O)NC1CC(C)N(C(C)=O)c2ccc(-c3ccc(CCl)cc3)cc21. The topological polar surface area (TPSA) is 58.6 Å². The molecule has 148 valence electrons. The molecule has 0 bridgehead atoms. The van der Waals surface area contributed by atoms with Crippen LogP contribution in [0.2, 0.25) is 0 Å². The summed E-state index contributed by atoms with van der Waals surface area (Å²) in [4.78, 5) is 26.1. The van der Waals surface area contributed by atoms with Crippen LogP contribution in [0, 0.1) is 0 Å².